The van der Waals surface area contributed by atoms with Gasteiger partial charge in [-0.1, -0.05) is 68.1 Å². The molecule has 3 aromatic carbocycles. The third-order valence-electron chi connectivity index (χ3n) is 9.32. The average molecular weight is 729 g/mol. The fourth-order valence-electron chi connectivity index (χ4n) is 6.39. The van der Waals surface area contributed by atoms with Crippen molar-refractivity contribution in [2.24, 2.45) is 5.92 Å². The number of aliphatic hydroxyl groups excluding tert-OH is 1. The molecule has 4 N–H and O–H groups in total. The van der Waals surface area contributed by atoms with Gasteiger partial charge in [-0.15, -0.1) is 0 Å². The molecule has 12 heteroatoms. The van der Waals surface area contributed by atoms with Crippen molar-refractivity contribution >= 4 is 40.3 Å². The molecule has 0 radical (unpaired) electrons. The molecule has 1 aliphatic rings. The molecule has 5 atom stereocenters. The van der Waals surface area contributed by atoms with Crippen molar-refractivity contribution in [3.8, 4) is 0 Å². The number of fused-ring (bicyclic) bond motifs is 1. The molecule has 2 heterocycles. The number of carbonyl (C=O) groups is 3. The molecule has 1 saturated heterocycles. The van der Waals surface area contributed by atoms with E-state index in [1.165, 1.54) is 12.1 Å². The van der Waals surface area contributed by atoms with Crippen LogP contribution in [0.3, 0.4) is 0 Å². The number of benzene rings is 3. The van der Waals surface area contributed by atoms with Gasteiger partial charge in [0.15, 0.2) is 5.16 Å². The monoisotopic (exact) mass is 728 g/mol. The number of amides is 3. The molecule has 4 aromatic rings. The van der Waals surface area contributed by atoms with Gasteiger partial charge in [-0.25, -0.2) is 14.4 Å². The van der Waals surface area contributed by atoms with Crippen molar-refractivity contribution in [2.75, 3.05) is 13.1 Å². The van der Waals surface area contributed by atoms with E-state index >= 15 is 0 Å². The van der Waals surface area contributed by atoms with Crippen molar-refractivity contribution in [3.63, 3.8) is 0 Å². The lowest BCUT2D eigenvalue weighted by atomic mass is 9.95. The molecule has 0 spiro atoms. The SMILES string of the molecule is CC(C)[C@H](NC(=O)c1ccc2ccccc2c1)C(=O)N[C@@H](Cc1ccc(F)cc1)[C@H](O)CN(C(=O)[C@@H]1C[C@H](Sc2ncccn2)CCN1)C(C)(C)C. The Hall–Kier alpha value is -4.39. The molecule has 5 rings (SSSR count). The van der Waals surface area contributed by atoms with Crippen LogP contribution in [0.4, 0.5) is 4.39 Å². The van der Waals surface area contributed by atoms with Gasteiger partial charge >= 0.3 is 0 Å². The second-order valence-corrected chi connectivity index (χ2v) is 16.0. The van der Waals surface area contributed by atoms with Gasteiger partial charge in [0.2, 0.25) is 11.8 Å². The van der Waals surface area contributed by atoms with Crippen LogP contribution in [0, 0.1) is 11.7 Å². The number of carbonyl (C=O) groups excluding carboxylic acids is 3. The summed E-state index contributed by atoms with van der Waals surface area (Å²) < 4.78 is 13.8. The first-order valence-electron chi connectivity index (χ1n) is 17.8. The van der Waals surface area contributed by atoms with Crippen LogP contribution >= 0.6 is 11.8 Å². The number of piperidine rings is 1. The molecule has 3 amide bonds. The van der Waals surface area contributed by atoms with Gasteiger partial charge in [0, 0.05) is 35.3 Å². The molecule has 10 nitrogen and oxygen atoms in total. The number of halogens is 1. The van der Waals surface area contributed by atoms with Crippen molar-refractivity contribution in [3.05, 3.63) is 102 Å². The normalized spacial score (nSPS) is 18.0. The predicted molar refractivity (Wildman–Crippen MR) is 202 cm³/mol. The van der Waals surface area contributed by atoms with Crippen LogP contribution in [0.5, 0.6) is 0 Å². The van der Waals surface area contributed by atoms with Crippen molar-refractivity contribution in [2.45, 2.75) is 94.1 Å². The summed E-state index contributed by atoms with van der Waals surface area (Å²) in [7, 11) is 0. The topological polar surface area (TPSA) is 137 Å². The Morgan fingerprint density at radius 2 is 1.67 bits per heavy atom. The summed E-state index contributed by atoms with van der Waals surface area (Å²) in [6.45, 7) is 9.99. The third kappa shape index (κ3) is 10.4. The van der Waals surface area contributed by atoms with Gasteiger partial charge in [0.1, 0.15) is 11.9 Å². The fraction of sp³-hybridized carbons (Fsp3) is 0.425. The van der Waals surface area contributed by atoms with Gasteiger partial charge in [-0.2, -0.15) is 0 Å². The van der Waals surface area contributed by atoms with Gasteiger partial charge in [-0.05, 0) is 99.2 Å². The zero-order valence-corrected chi connectivity index (χ0v) is 31.2. The summed E-state index contributed by atoms with van der Waals surface area (Å²) in [5, 5.41) is 23.8. The molecule has 52 heavy (non-hydrogen) atoms. The number of rotatable bonds is 13. The van der Waals surface area contributed by atoms with E-state index in [-0.39, 0.29) is 30.0 Å². The Morgan fingerprint density at radius 3 is 2.35 bits per heavy atom. The number of nitrogens with one attached hydrogen (secondary N) is 3. The molecule has 0 aliphatic carbocycles. The zero-order valence-electron chi connectivity index (χ0n) is 30.4. The number of aromatic nitrogens is 2. The van der Waals surface area contributed by atoms with E-state index in [9.17, 15) is 23.9 Å². The molecule has 0 unspecified atom stereocenters. The van der Waals surface area contributed by atoms with Gasteiger partial charge in [0.05, 0.1) is 18.2 Å². The molecular weight excluding hydrogens is 680 g/mol. The van der Waals surface area contributed by atoms with E-state index in [1.54, 1.807) is 59.4 Å². The van der Waals surface area contributed by atoms with Gasteiger partial charge < -0.3 is 26.0 Å². The Morgan fingerprint density at radius 1 is 0.981 bits per heavy atom. The Labute approximate surface area is 309 Å². The predicted octanol–water partition coefficient (Wildman–Crippen LogP) is 5.15. The maximum absolute atomic E-state index is 14.2. The van der Waals surface area contributed by atoms with E-state index in [0.717, 1.165) is 17.2 Å². The summed E-state index contributed by atoms with van der Waals surface area (Å²) >= 11 is 1.55. The van der Waals surface area contributed by atoms with Crippen LogP contribution in [0.2, 0.25) is 0 Å². The molecule has 1 aliphatic heterocycles. The van der Waals surface area contributed by atoms with E-state index in [4.69, 9.17) is 0 Å². The van der Waals surface area contributed by atoms with E-state index < -0.39 is 47.4 Å². The fourth-order valence-corrected chi connectivity index (χ4v) is 7.46. The maximum atomic E-state index is 14.2. The van der Waals surface area contributed by atoms with Crippen molar-refractivity contribution in [1.29, 1.82) is 0 Å². The number of nitrogens with zero attached hydrogens (tertiary/aromatic N) is 3. The van der Waals surface area contributed by atoms with Crippen LogP contribution in [0.1, 0.15) is 63.4 Å². The summed E-state index contributed by atoms with van der Waals surface area (Å²) in [5.74, 6) is -1.71. The van der Waals surface area contributed by atoms with Crippen molar-refractivity contribution < 1.29 is 23.9 Å². The maximum Gasteiger partial charge on any atom is 0.251 e. The summed E-state index contributed by atoms with van der Waals surface area (Å²) in [6, 6.07) is 18.5. The van der Waals surface area contributed by atoms with Crippen LogP contribution < -0.4 is 16.0 Å². The lowest BCUT2D eigenvalue weighted by Crippen LogP contribution is -2.61. The van der Waals surface area contributed by atoms with Gasteiger partial charge in [0.25, 0.3) is 5.91 Å². The molecule has 0 bridgehead atoms. The van der Waals surface area contributed by atoms with E-state index in [0.29, 0.717) is 29.2 Å². The average Bonchev–Trinajstić information content (AvgIpc) is 3.12. The standard InChI is InChI=1S/C40H49FN6O4S/c1-25(2)35(46-36(49)29-14-13-27-9-6-7-10-28(27)22-29)37(50)45-32(21-26-11-15-30(41)16-12-26)34(48)24-47(40(3,4)5)38(51)33-23-31(17-20-42-33)52-39-43-18-8-19-44-39/h6-16,18-19,22,25,31-35,42,48H,17,20-21,23-24H2,1-5H3,(H,45,50)(H,46,49)/t31-,32+,33+,34-,35+/m1/s1. The molecule has 0 saturated carbocycles. The Bertz CT molecular complexity index is 1820. The lowest BCUT2D eigenvalue weighted by molar-refractivity contribution is -0.141. The first-order valence-corrected chi connectivity index (χ1v) is 18.7. The number of thioether (sulfide) groups is 1. The highest BCUT2D eigenvalue weighted by atomic mass is 32.2. The number of aliphatic hydroxyl groups is 1. The van der Waals surface area contributed by atoms with Crippen LogP contribution in [0.15, 0.2) is 90.3 Å². The third-order valence-corrected chi connectivity index (χ3v) is 10.5. The summed E-state index contributed by atoms with van der Waals surface area (Å²) in [5.41, 5.74) is 0.450. The molecule has 1 fully saturated rings. The second kappa shape index (κ2) is 17.4. The number of hydrogen-bond acceptors (Lipinski definition) is 8. The Balaban J connectivity index is 1.33. The first kappa shape index (κ1) is 38.8. The Kier molecular flexibility index (Phi) is 13.0. The largest absolute Gasteiger partial charge is 0.389 e. The highest BCUT2D eigenvalue weighted by molar-refractivity contribution is 7.99. The first-order chi connectivity index (χ1) is 24.8. The van der Waals surface area contributed by atoms with Crippen LogP contribution in [-0.2, 0) is 16.0 Å². The highest BCUT2D eigenvalue weighted by Crippen LogP contribution is 2.29. The quantitative estimate of drug-likeness (QED) is 0.139. The minimum Gasteiger partial charge on any atom is -0.389 e. The smallest absolute Gasteiger partial charge is 0.251 e. The number of hydrogen-bond donors (Lipinski definition) is 4. The summed E-state index contributed by atoms with van der Waals surface area (Å²) in [4.78, 5) is 51.9. The highest BCUT2D eigenvalue weighted by Gasteiger charge is 2.38. The zero-order chi connectivity index (χ0) is 37.4. The molecular formula is C40H49FN6O4S. The lowest BCUT2D eigenvalue weighted by Gasteiger charge is -2.42. The van der Waals surface area contributed by atoms with Crippen LogP contribution in [-0.4, -0.2) is 85.8 Å². The number of β-amino-alcohol motifs (C(OH)–C–C–N with tert-alkyl or cyclic N) is 1. The van der Waals surface area contributed by atoms with Gasteiger partial charge in [-0.3, -0.25) is 14.4 Å². The van der Waals surface area contributed by atoms with Crippen molar-refractivity contribution in [1.82, 2.24) is 30.8 Å². The second-order valence-electron chi connectivity index (χ2n) is 14.7. The minimum absolute atomic E-state index is 0.0674. The van der Waals surface area contributed by atoms with Crippen LogP contribution in [0.25, 0.3) is 10.8 Å². The molecule has 1 aromatic heterocycles. The minimum atomic E-state index is -1.20. The van der Waals surface area contributed by atoms with E-state index in [2.05, 4.69) is 25.9 Å². The summed E-state index contributed by atoms with van der Waals surface area (Å²) in [6.07, 6.45) is 3.78. The van der Waals surface area contributed by atoms with E-state index in [1.807, 2.05) is 65.0 Å². The molecule has 276 valence electrons.